The molecule has 11 heteroatoms. The molecule has 156 valence electrons. The molecule has 0 amide bonds. The van der Waals surface area contributed by atoms with Gasteiger partial charge in [-0.05, 0) is 36.6 Å². The Labute approximate surface area is 191 Å². The largest absolute Gasteiger partial charge is 0.360 e. The normalized spacial score (nSPS) is 15.4. The van der Waals surface area contributed by atoms with Crippen LogP contribution in [-0.4, -0.2) is 65.6 Å². The second kappa shape index (κ2) is 10.8. The summed E-state index contributed by atoms with van der Waals surface area (Å²) in [5.74, 6) is 0.812. The molecular weight excluding hydrogens is 529 g/mol. The van der Waals surface area contributed by atoms with E-state index in [1.807, 2.05) is 13.0 Å². The quantitative estimate of drug-likeness (QED) is 0.248. The molecule has 0 bridgehead atoms. The van der Waals surface area contributed by atoms with Crippen LogP contribution < -0.4 is 14.9 Å². The van der Waals surface area contributed by atoms with E-state index in [9.17, 15) is 8.42 Å². The SMILES string of the molecule is CN=C(NCCNS(=O)(=O)c1ccc(C)s1)N1CCN(c2cccs2)CC1.I. The smallest absolute Gasteiger partial charge is 0.250 e. The van der Waals surface area contributed by atoms with Crippen molar-refractivity contribution >= 4 is 67.6 Å². The van der Waals surface area contributed by atoms with E-state index in [2.05, 4.69) is 42.3 Å². The number of hydrogen-bond donors (Lipinski definition) is 2. The highest BCUT2D eigenvalue weighted by Gasteiger charge is 2.20. The minimum absolute atomic E-state index is 0. The fourth-order valence-electron chi connectivity index (χ4n) is 2.91. The number of nitrogens with one attached hydrogen (secondary N) is 2. The molecule has 2 aromatic rings. The zero-order valence-electron chi connectivity index (χ0n) is 15.9. The number of thiophene rings is 2. The third kappa shape index (κ3) is 6.05. The van der Waals surface area contributed by atoms with Crippen molar-refractivity contribution in [1.29, 1.82) is 0 Å². The van der Waals surface area contributed by atoms with Gasteiger partial charge in [-0.15, -0.1) is 46.7 Å². The Kier molecular flexibility index (Phi) is 8.99. The number of anilines is 1. The number of sulfonamides is 1. The Balaban J connectivity index is 0.00000280. The number of guanidine groups is 1. The van der Waals surface area contributed by atoms with Crippen LogP contribution in [0.15, 0.2) is 38.8 Å². The van der Waals surface area contributed by atoms with Crippen LogP contribution in [0, 0.1) is 6.92 Å². The summed E-state index contributed by atoms with van der Waals surface area (Å²) in [4.78, 5) is 9.91. The average Bonchev–Trinajstić information content (AvgIpc) is 3.34. The van der Waals surface area contributed by atoms with E-state index >= 15 is 0 Å². The van der Waals surface area contributed by atoms with Gasteiger partial charge in [0.2, 0.25) is 10.0 Å². The number of rotatable bonds is 6. The standard InChI is InChI=1S/C17H25N5O2S3.HI/c1-14-5-6-16(26-14)27(23,24)20-8-7-19-17(18-2)22-11-9-21(10-12-22)15-4-3-13-25-15;/h3-6,13,20H,7-12H2,1-2H3,(H,18,19);1H. The van der Waals surface area contributed by atoms with E-state index in [1.54, 1.807) is 24.5 Å². The lowest BCUT2D eigenvalue weighted by Crippen LogP contribution is -2.53. The fourth-order valence-corrected chi connectivity index (χ4v) is 6.05. The van der Waals surface area contributed by atoms with Crippen molar-refractivity contribution in [2.75, 3.05) is 51.2 Å². The Morgan fingerprint density at radius 3 is 2.50 bits per heavy atom. The van der Waals surface area contributed by atoms with Gasteiger partial charge in [0.1, 0.15) is 4.21 Å². The van der Waals surface area contributed by atoms with Crippen LogP contribution in [0.4, 0.5) is 5.00 Å². The topological polar surface area (TPSA) is 77.0 Å². The molecule has 1 saturated heterocycles. The predicted molar refractivity (Wildman–Crippen MR) is 129 cm³/mol. The highest BCUT2D eigenvalue weighted by atomic mass is 127. The molecule has 0 atom stereocenters. The summed E-state index contributed by atoms with van der Waals surface area (Å²) in [5.41, 5.74) is 0. The Morgan fingerprint density at radius 1 is 1.18 bits per heavy atom. The average molecular weight is 556 g/mol. The van der Waals surface area contributed by atoms with E-state index in [-0.39, 0.29) is 24.0 Å². The summed E-state index contributed by atoms with van der Waals surface area (Å²) < 4.78 is 27.5. The lowest BCUT2D eigenvalue weighted by atomic mass is 10.3. The van der Waals surface area contributed by atoms with Gasteiger partial charge in [0, 0.05) is 51.2 Å². The molecule has 0 saturated carbocycles. The van der Waals surface area contributed by atoms with Crippen LogP contribution >= 0.6 is 46.7 Å². The number of hydrogen-bond acceptors (Lipinski definition) is 6. The summed E-state index contributed by atoms with van der Waals surface area (Å²) in [5, 5.41) is 6.65. The minimum atomic E-state index is -3.43. The highest BCUT2D eigenvalue weighted by Crippen LogP contribution is 2.22. The second-order valence-electron chi connectivity index (χ2n) is 6.16. The van der Waals surface area contributed by atoms with Gasteiger partial charge >= 0.3 is 0 Å². The van der Waals surface area contributed by atoms with Crippen molar-refractivity contribution in [3.63, 3.8) is 0 Å². The molecule has 3 rings (SSSR count). The second-order valence-corrected chi connectivity index (χ2v) is 10.4. The first-order valence-electron chi connectivity index (χ1n) is 8.80. The van der Waals surface area contributed by atoms with Crippen LogP contribution in [0.2, 0.25) is 0 Å². The van der Waals surface area contributed by atoms with Gasteiger partial charge < -0.3 is 15.1 Å². The van der Waals surface area contributed by atoms with Crippen molar-refractivity contribution in [2.24, 2.45) is 4.99 Å². The molecule has 28 heavy (non-hydrogen) atoms. The highest BCUT2D eigenvalue weighted by molar-refractivity contribution is 14.0. The zero-order valence-corrected chi connectivity index (χ0v) is 20.7. The third-order valence-electron chi connectivity index (χ3n) is 4.29. The van der Waals surface area contributed by atoms with Crippen molar-refractivity contribution in [3.8, 4) is 0 Å². The van der Waals surface area contributed by atoms with Crippen molar-refractivity contribution in [3.05, 3.63) is 34.5 Å². The maximum absolute atomic E-state index is 12.2. The molecule has 0 aliphatic carbocycles. The van der Waals surface area contributed by atoms with Gasteiger partial charge in [-0.25, -0.2) is 13.1 Å². The minimum Gasteiger partial charge on any atom is -0.360 e. The summed E-state index contributed by atoms with van der Waals surface area (Å²) in [6.07, 6.45) is 0. The van der Waals surface area contributed by atoms with Crippen LogP contribution in [0.1, 0.15) is 4.88 Å². The van der Waals surface area contributed by atoms with Crippen molar-refractivity contribution in [1.82, 2.24) is 14.9 Å². The molecule has 1 aliphatic rings. The monoisotopic (exact) mass is 555 g/mol. The zero-order chi connectivity index (χ0) is 19.3. The number of nitrogens with zero attached hydrogens (tertiary/aromatic N) is 3. The fraction of sp³-hybridized carbons (Fsp3) is 0.471. The molecule has 7 nitrogen and oxygen atoms in total. The molecule has 0 spiro atoms. The van der Waals surface area contributed by atoms with Gasteiger partial charge in [-0.1, -0.05) is 0 Å². The van der Waals surface area contributed by atoms with Gasteiger partial charge in [0.15, 0.2) is 5.96 Å². The molecule has 0 aromatic carbocycles. The lowest BCUT2D eigenvalue weighted by Gasteiger charge is -2.37. The first-order valence-corrected chi connectivity index (χ1v) is 12.0. The Bertz CT molecular complexity index is 859. The summed E-state index contributed by atoms with van der Waals surface area (Å²) in [6.45, 7) is 6.37. The van der Waals surface area contributed by atoms with Gasteiger partial charge in [-0.2, -0.15) is 0 Å². The number of aryl methyl sites for hydroxylation is 1. The maximum atomic E-state index is 12.2. The molecule has 1 fully saturated rings. The van der Waals surface area contributed by atoms with Gasteiger partial charge in [-0.3, -0.25) is 4.99 Å². The molecular formula is C17H26IN5O2S3. The van der Waals surface area contributed by atoms with E-state index in [0.717, 1.165) is 37.0 Å². The maximum Gasteiger partial charge on any atom is 0.250 e. The predicted octanol–water partition coefficient (Wildman–Crippen LogP) is 2.41. The molecule has 1 aliphatic heterocycles. The summed E-state index contributed by atoms with van der Waals surface area (Å²) in [6, 6.07) is 7.68. The van der Waals surface area contributed by atoms with E-state index < -0.39 is 10.0 Å². The number of aliphatic imine (C=N–C) groups is 1. The van der Waals surface area contributed by atoms with Crippen LogP contribution in [0.5, 0.6) is 0 Å². The number of piperazine rings is 1. The van der Waals surface area contributed by atoms with Crippen LogP contribution in [0.3, 0.4) is 0 Å². The molecule has 3 heterocycles. The van der Waals surface area contributed by atoms with Gasteiger partial charge in [0.05, 0.1) is 5.00 Å². The van der Waals surface area contributed by atoms with Crippen molar-refractivity contribution in [2.45, 2.75) is 11.1 Å². The molecule has 2 aromatic heterocycles. The van der Waals surface area contributed by atoms with Crippen molar-refractivity contribution < 1.29 is 8.42 Å². The number of halogens is 1. The van der Waals surface area contributed by atoms with E-state index in [4.69, 9.17) is 0 Å². The summed E-state index contributed by atoms with van der Waals surface area (Å²) in [7, 11) is -1.68. The van der Waals surface area contributed by atoms with E-state index in [0.29, 0.717) is 17.3 Å². The van der Waals surface area contributed by atoms with Crippen LogP contribution in [-0.2, 0) is 10.0 Å². The van der Waals surface area contributed by atoms with Crippen LogP contribution in [0.25, 0.3) is 0 Å². The molecule has 0 unspecified atom stereocenters. The third-order valence-corrected chi connectivity index (χ3v) is 8.17. The molecule has 2 N–H and O–H groups in total. The van der Waals surface area contributed by atoms with Gasteiger partial charge in [0.25, 0.3) is 0 Å². The first-order chi connectivity index (χ1) is 13.0. The lowest BCUT2D eigenvalue weighted by molar-refractivity contribution is 0.374. The van der Waals surface area contributed by atoms with E-state index in [1.165, 1.54) is 16.3 Å². The summed E-state index contributed by atoms with van der Waals surface area (Å²) >= 11 is 3.04. The Morgan fingerprint density at radius 2 is 1.93 bits per heavy atom. The molecule has 0 radical (unpaired) electrons. The Hall–Kier alpha value is -0.890. The first kappa shape index (κ1) is 23.4.